The monoisotopic (exact) mass is 490 g/mol. The molecule has 2 aromatic heterocycles. The van der Waals surface area contributed by atoms with Crippen molar-refractivity contribution in [3.63, 3.8) is 0 Å². The molecule has 5 rings (SSSR count). The van der Waals surface area contributed by atoms with Crippen LogP contribution in [-0.4, -0.2) is 28.3 Å². The van der Waals surface area contributed by atoms with Gasteiger partial charge in [-0.3, -0.25) is 4.79 Å². The predicted octanol–water partition coefficient (Wildman–Crippen LogP) is 5.77. The van der Waals surface area contributed by atoms with E-state index in [0.717, 1.165) is 51.4 Å². The van der Waals surface area contributed by atoms with Gasteiger partial charge in [-0.15, -0.1) is 11.3 Å². The van der Waals surface area contributed by atoms with E-state index in [0.29, 0.717) is 11.2 Å². The van der Waals surface area contributed by atoms with Gasteiger partial charge in [-0.25, -0.2) is 4.79 Å². The molecule has 1 aliphatic rings. The van der Waals surface area contributed by atoms with Crippen molar-refractivity contribution in [3.8, 4) is 11.1 Å². The molecular formula is C28H30N2O4S. The first-order valence-corrected chi connectivity index (χ1v) is 12.7. The molecule has 2 heterocycles. The number of aromatic amines is 1. The van der Waals surface area contributed by atoms with Crippen molar-refractivity contribution in [1.29, 1.82) is 0 Å². The number of ether oxygens (including phenoxy) is 1. The van der Waals surface area contributed by atoms with Crippen LogP contribution in [0.15, 0.2) is 46.6 Å². The highest BCUT2D eigenvalue weighted by atomic mass is 32.1. The van der Waals surface area contributed by atoms with Crippen LogP contribution in [0.1, 0.15) is 50.3 Å². The maximum Gasteiger partial charge on any atom is 0.407 e. The third-order valence-electron chi connectivity index (χ3n) is 6.77. The molecule has 1 aliphatic carbocycles. The number of aliphatic hydroxyl groups excluding tert-OH is 1. The van der Waals surface area contributed by atoms with E-state index >= 15 is 0 Å². The minimum absolute atomic E-state index is 0.0730. The molecule has 7 heteroatoms. The number of hydrogen-bond donors (Lipinski definition) is 3. The minimum atomic E-state index is -0.526. The Morgan fingerprint density at radius 1 is 1.20 bits per heavy atom. The number of thiophene rings is 1. The zero-order valence-electron chi connectivity index (χ0n) is 20.5. The average Bonchev–Trinajstić information content (AvgIpc) is 3.43. The summed E-state index contributed by atoms with van der Waals surface area (Å²) in [7, 11) is 0. The number of H-pyrrole nitrogens is 1. The largest absolute Gasteiger partial charge is 0.444 e. The molecule has 0 radical (unpaired) electrons. The summed E-state index contributed by atoms with van der Waals surface area (Å²) in [5.41, 5.74) is 4.98. The third-order valence-corrected chi connectivity index (χ3v) is 7.68. The third kappa shape index (κ3) is 4.34. The Labute approximate surface area is 208 Å². The highest BCUT2D eigenvalue weighted by molar-refractivity contribution is 7.17. The molecule has 0 saturated heterocycles. The highest BCUT2D eigenvalue weighted by Gasteiger charge is 2.44. The number of rotatable bonds is 5. The van der Waals surface area contributed by atoms with E-state index < -0.39 is 11.7 Å². The maximum absolute atomic E-state index is 12.6. The molecule has 0 bridgehead atoms. The van der Waals surface area contributed by atoms with Gasteiger partial charge in [-0.05, 0) is 79.8 Å². The van der Waals surface area contributed by atoms with Crippen molar-refractivity contribution >= 4 is 38.4 Å². The van der Waals surface area contributed by atoms with Crippen LogP contribution in [0.3, 0.4) is 0 Å². The number of benzene rings is 2. The smallest absolute Gasteiger partial charge is 0.407 e. The van der Waals surface area contributed by atoms with Gasteiger partial charge in [0.1, 0.15) is 10.3 Å². The summed E-state index contributed by atoms with van der Waals surface area (Å²) in [5, 5.41) is 17.0. The quantitative estimate of drug-likeness (QED) is 0.331. The van der Waals surface area contributed by atoms with Crippen molar-refractivity contribution in [2.24, 2.45) is 0 Å². The summed E-state index contributed by atoms with van der Waals surface area (Å²) in [6.45, 7) is 7.96. The van der Waals surface area contributed by atoms with E-state index in [1.165, 1.54) is 16.9 Å². The van der Waals surface area contributed by atoms with Crippen LogP contribution < -0.4 is 10.9 Å². The van der Waals surface area contributed by atoms with Gasteiger partial charge in [0.15, 0.2) is 0 Å². The molecule has 0 aliphatic heterocycles. The molecule has 35 heavy (non-hydrogen) atoms. The van der Waals surface area contributed by atoms with Gasteiger partial charge >= 0.3 is 6.09 Å². The number of pyridine rings is 1. The molecule has 2 aromatic carbocycles. The fourth-order valence-corrected chi connectivity index (χ4v) is 5.69. The topological polar surface area (TPSA) is 91.4 Å². The Morgan fingerprint density at radius 3 is 2.54 bits per heavy atom. The fourth-order valence-electron chi connectivity index (χ4n) is 4.89. The molecule has 1 fully saturated rings. The second kappa shape index (κ2) is 8.50. The van der Waals surface area contributed by atoms with Gasteiger partial charge in [-0.1, -0.05) is 30.3 Å². The van der Waals surface area contributed by atoms with E-state index in [-0.39, 0.29) is 17.6 Å². The molecular weight excluding hydrogens is 460 g/mol. The standard InChI is InChI=1S/C28H30N2O4S/c1-16-13-18(14-31)21(22-20-9-12-35-24(20)25(32)30-23(16)22)17-5-7-19(8-6-17)28(10-11-28)15-29-26(33)34-27(2,3)4/h5-9,12-13,31H,10-11,14-15H2,1-4H3,(H,29,33)(H,30,32). The van der Waals surface area contributed by atoms with Crippen LogP contribution in [0, 0.1) is 6.92 Å². The molecule has 4 aromatic rings. The van der Waals surface area contributed by atoms with Crippen LogP contribution in [0.4, 0.5) is 4.79 Å². The molecule has 182 valence electrons. The van der Waals surface area contributed by atoms with Gasteiger partial charge < -0.3 is 20.1 Å². The predicted molar refractivity (Wildman–Crippen MR) is 141 cm³/mol. The van der Waals surface area contributed by atoms with Crippen LogP contribution in [0.25, 0.3) is 32.1 Å². The average molecular weight is 491 g/mol. The number of aryl methyl sites for hydroxylation is 1. The lowest BCUT2D eigenvalue weighted by molar-refractivity contribution is 0.0522. The van der Waals surface area contributed by atoms with Gasteiger partial charge in [-0.2, -0.15) is 0 Å². The summed E-state index contributed by atoms with van der Waals surface area (Å²) < 4.78 is 6.08. The maximum atomic E-state index is 12.6. The first-order valence-electron chi connectivity index (χ1n) is 11.9. The van der Waals surface area contributed by atoms with Crippen LogP contribution >= 0.6 is 11.3 Å². The Balaban J connectivity index is 1.52. The molecule has 0 spiro atoms. The number of amides is 1. The lowest BCUT2D eigenvalue weighted by Crippen LogP contribution is -2.37. The summed E-state index contributed by atoms with van der Waals surface area (Å²) in [4.78, 5) is 27.8. The van der Waals surface area contributed by atoms with E-state index in [1.54, 1.807) is 0 Å². The zero-order valence-corrected chi connectivity index (χ0v) is 21.3. The highest BCUT2D eigenvalue weighted by Crippen LogP contribution is 2.48. The van der Waals surface area contributed by atoms with Crippen molar-refractivity contribution in [1.82, 2.24) is 10.3 Å². The lowest BCUT2D eigenvalue weighted by Gasteiger charge is -2.22. The normalized spacial score (nSPS) is 14.9. The number of fused-ring (bicyclic) bond motifs is 3. The zero-order chi connectivity index (χ0) is 25.0. The minimum Gasteiger partial charge on any atom is -0.444 e. The van der Waals surface area contributed by atoms with Crippen LogP contribution in [-0.2, 0) is 16.8 Å². The Morgan fingerprint density at radius 2 is 1.91 bits per heavy atom. The number of aliphatic hydroxyl groups is 1. The molecule has 3 N–H and O–H groups in total. The molecule has 1 saturated carbocycles. The van der Waals surface area contributed by atoms with Crippen LogP contribution in [0.2, 0.25) is 0 Å². The Bertz CT molecular complexity index is 1490. The van der Waals surface area contributed by atoms with Crippen molar-refractivity contribution in [2.45, 2.75) is 58.2 Å². The first kappa shape index (κ1) is 23.6. The van der Waals surface area contributed by atoms with Crippen molar-refractivity contribution < 1.29 is 14.6 Å². The number of nitrogens with one attached hydrogen (secondary N) is 2. The van der Waals surface area contributed by atoms with Gasteiger partial charge in [0.2, 0.25) is 0 Å². The van der Waals surface area contributed by atoms with Gasteiger partial charge in [0.05, 0.1) is 12.1 Å². The molecule has 1 amide bonds. The number of hydrogen-bond acceptors (Lipinski definition) is 5. The van der Waals surface area contributed by atoms with Crippen molar-refractivity contribution in [2.75, 3.05) is 6.54 Å². The fraction of sp³-hybridized carbons (Fsp3) is 0.357. The molecule has 0 unspecified atom stereocenters. The summed E-state index contributed by atoms with van der Waals surface area (Å²) in [6, 6.07) is 12.3. The number of carbonyl (C=O) groups is 1. The second-order valence-electron chi connectivity index (χ2n) is 10.5. The van der Waals surface area contributed by atoms with E-state index in [4.69, 9.17) is 4.74 Å². The SMILES string of the molecule is Cc1cc(CO)c(-c2ccc(C3(CNC(=O)OC(C)(C)C)CC3)cc2)c2c1[nH]c(=O)c1sccc12. The number of carbonyl (C=O) groups excluding carboxylic acids is 1. The summed E-state index contributed by atoms with van der Waals surface area (Å²) in [6.07, 6.45) is 1.62. The summed E-state index contributed by atoms with van der Waals surface area (Å²) in [5.74, 6) is 0. The second-order valence-corrected chi connectivity index (χ2v) is 11.4. The van der Waals surface area contributed by atoms with Crippen LogP contribution in [0.5, 0.6) is 0 Å². The van der Waals surface area contributed by atoms with E-state index in [2.05, 4.69) is 34.6 Å². The molecule has 6 nitrogen and oxygen atoms in total. The summed E-state index contributed by atoms with van der Waals surface area (Å²) >= 11 is 1.43. The van der Waals surface area contributed by atoms with Gasteiger partial charge in [0, 0.05) is 22.7 Å². The first-order chi connectivity index (χ1) is 16.6. The Hall–Kier alpha value is -3.16. The number of aromatic nitrogens is 1. The van der Waals surface area contributed by atoms with E-state index in [9.17, 15) is 14.7 Å². The lowest BCUT2D eigenvalue weighted by atomic mass is 9.89. The number of alkyl carbamates (subject to hydrolysis) is 1. The molecule has 0 atom stereocenters. The van der Waals surface area contributed by atoms with Gasteiger partial charge in [0.25, 0.3) is 5.56 Å². The van der Waals surface area contributed by atoms with Crippen molar-refractivity contribution in [3.05, 3.63) is 68.8 Å². The Kier molecular flexibility index (Phi) is 5.73. The van der Waals surface area contributed by atoms with E-state index in [1.807, 2.05) is 45.2 Å².